The fourth-order valence-corrected chi connectivity index (χ4v) is 2.38. The second-order valence-electron chi connectivity index (χ2n) is 4.40. The molecule has 0 aromatic heterocycles. The van der Waals surface area contributed by atoms with Crippen LogP contribution in [-0.4, -0.2) is 11.1 Å². The number of benzene rings is 2. The number of hydrogen-bond acceptors (Lipinski definition) is 2. The quantitative estimate of drug-likeness (QED) is 0.878. The second kappa shape index (κ2) is 6.05. The predicted octanol–water partition coefficient (Wildman–Crippen LogP) is 4.21. The molecule has 0 saturated carbocycles. The molecule has 0 unspecified atom stereocenters. The van der Waals surface area contributed by atoms with Crippen molar-refractivity contribution in [3.8, 4) is 0 Å². The van der Waals surface area contributed by atoms with Gasteiger partial charge in [-0.2, -0.15) is 0 Å². The van der Waals surface area contributed by atoms with Crippen molar-refractivity contribution in [1.82, 2.24) is 0 Å². The molecule has 5 heteroatoms. The fraction of sp³-hybridized carbons (Fsp3) is 0.133. The molecule has 104 valence electrons. The van der Waals surface area contributed by atoms with Crippen LogP contribution in [0.15, 0.2) is 40.9 Å². The molecule has 0 fully saturated rings. The molecule has 0 amide bonds. The lowest BCUT2D eigenvalue weighted by Crippen LogP contribution is -2.05. The van der Waals surface area contributed by atoms with E-state index in [-0.39, 0.29) is 11.4 Å². The lowest BCUT2D eigenvalue weighted by Gasteiger charge is -2.12. The van der Waals surface area contributed by atoms with Gasteiger partial charge >= 0.3 is 5.97 Å². The van der Waals surface area contributed by atoms with Crippen LogP contribution < -0.4 is 5.32 Å². The molecule has 20 heavy (non-hydrogen) atoms. The van der Waals surface area contributed by atoms with Crippen LogP contribution >= 0.6 is 15.9 Å². The SMILES string of the molecule is Cc1cccc(F)c1NCc1ccc(C(=O)O)cc1Br. The molecule has 0 aliphatic carbocycles. The fourth-order valence-electron chi connectivity index (χ4n) is 1.86. The largest absolute Gasteiger partial charge is 0.478 e. The van der Waals surface area contributed by atoms with E-state index in [1.54, 1.807) is 12.1 Å². The summed E-state index contributed by atoms with van der Waals surface area (Å²) in [5.41, 5.74) is 2.35. The number of carboxylic acid groups (broad SMARTS) is 1. The predicted molar refractivity (Wildman–Crippen MR) is 79.6 cm³/mol. The number of para-hydroxylation sites is 1. The van der Waals surface area contributed by atoms with Crippen LogP contribution in [0.5, 0.6) is 0 Å². The van der Waals surface area contributed by atoms with Crippen LogP contribution in [0.1, 0.15) is 21.5 Å². The van der Waals surface area contributed by atoms with Crippen LogP contribution in [0.2, 0.25) is 0 Å². The first-order valence-corrected chi connectivity index (χ1v) is 6.79. The Morgan fingerprint density at radius 1 is 1.35 bits per heavy atom. The zero-order valence-corrected chi connectivity index (χ0v) is 12.4. The van der Waals surface area contributed by atoms with Crippen molar-refractivity contribution in [3.05, 3.63) is 63.4 Å². The highest BCUT2D eigenvalue weighted by Crippen LogP contribution is 2.23. The number of halogens is 2. The molecule has 0 spiro atoms. The number of anilines is 1. The van der Waals surface area contributed by atoms with Gasteiger partial charge in [0.2, 0.25) is 0 Å². The van der Waals surface area contributed by atoms with Crippen LogP contribution in [0.3, 0.4) is 0 Å². The van der Waals surface area contributed by atoms with E-state index in [1.165, 1.54) is 18.2 Å². The molecule has 3 nitrogen and oxygen atoms in total. The Morgan fingerprint density at radius 3 is 2.70 bits per heavy atom. The summed E-state index contributed by atoms with van der Waals surface area (Å²) >= 11 is 3.33. The van der Waals surface area contributed by atoms with Crippen LogP contribution in [-0.2, 0) is 6.54 Å². The molecular weight excluding hydrogens is 325 g/mol. The standard InChI is InChI=1S/C15H13BrFNO2/c1-9-3-2-4-13(17)14(9)18-8-11-6-5-10(15(19)20)7-12(11)16/h2-7,18H,8H2,1H3,(H,19,20). The zero-order valence-electron chi connectivity index (χ0n) is 10.8. The average molecular weight is 338 g/mol. The van der Waals surface area contributed by atoms with Gasteiger partial charge in [0.15, 0.2) is 0 Å². The van der Waals surface area contributed by atoms with Gasteiger partial charge in [-0.15, -0.1) is 0 Å². The first kappa shape index (κ1) is 14.5. The molecule has 2 rings (SSSR count). The molecule has 0 heterocycles. The highest BCUT2D eigenvalue weighted by atomic mass is 79.9. The molecule has 0 aliphatic rings. The Balaban J connectivity index is 2.17. The van der Waals surface area contributed by atoms with Gasteiger partial charge in [-0.25, -0.2) is 9.18 Å². The molecule has 0 aliphatic heterocycles. The monoisotopic (exact) mass is 337 g/mol. The van der Waals surface area contributed by atoms with Gasteiger partial charge in [0.25, 0.3) is 0 Å². The normalized spacial score (nSPS) is 10.3. The summed E-state index contributed by atoms with van der Waals surface area (Å²) in [7, 11) is 0. The van der Waals surface area contributed by atoms with E-state index in [0.717, 1.165) is 11.1 Å². The third-order valence-corrected chi connectivity index (χ3v) is 3.72. The number of aromatic carboxylic acids is 1. The average Bonchev–Trinajstić information content (AvgIpc) is 2.39. The highest BCUT2D eigenvalue weighted by molar-refractivity contribution is 9.10. The Kier molecular flexibility index (Phi) is 4.39. The molecule has 0 atom stereocenters. The summed E-state index contributed by atoms with van der Waals surface area (Å²) in [4.78, 5) is 10.8. The third-order valence-electron chi connectivity index (χ3n) is 2.98. The van der Waals surface area contributed by atoms with Gasteiger partial charge in [-0.3, -0.25) is 0 Å². The Hall–Kier alpha value is -1.88. The van der Waals surface area contributed by atoms with Crippen LogP contribution in [0, 0.1) is 12.7 Å². The van der Waals surface area contributed by atoms with E-state index in [9.17, 15) is 9.18 Å². The number of aryl methyl sites for hydroxylation is 1. The Bertz CT molecular complexity index is 638. The van der Waals surface area contributed by atoms with E-state index >= 15 is 0 Å². The summed E-state index contributed by atoms with van der Waals surface area (Å²) in [5, 5.41) is 11.9. The summed E-state index contributed by atoms with van der Waals surface area (Å²) in [6.07, 6.45) is 0. The minimum atomic E-state index is -0.977. The van der Waals surface area contributed by atoms with Crippen molar-refractivity contribution in [2.45, 2.75) is 13.5 Å². The minimum Gasteiger partial charge on any atom is -0.478 e. The lowest BCUT2D eigenvalue weighted by atomic mass is 10.1. The zero-order chi connectivity index (χ0) is 14.7. The molecule has 2 aromatic rings. The van der Waals surface area contributed by atoms with E-state index in [0.29, 0.717) is 16.7 Å². The Morgan fingerprint density at radius 2 is 2.10 bits per heavy atom. The van der Waals surface area contributed by atoms with E-state index < -0.39 is 5.97 Å². The van der Waals surface area contributed by atoms with Gasteiger partial charge in [0, 0.05) is 11.0 Å². The van der Waals surface area contributed by atoms with Crippen molar-refractivity contribution < 1.29 is 14.3 Å². The van der Waals surface area contributed by atoms with E-state index in [4.69, 9.17) is 5.11 Å². The first-order valence-electron chi connectivity index (χ1n) is 5.99. The molecular formula is C15H13BrFNO2. The van der Waals surface area contributed by atoms with Crippen LogP contribution in [0.25, 0.3) is 0 Å². The van der Waals surface area contributed by atoms with Gasteiger partial charge < -0.3 is 10.4 Å². The smallest absolute Gasteiger partial charge is 0.335 e. The number of nitrogens with one attached hydrogen (secondary N) is 1. The topological polar surface area (TPSA) is 49.3 Å². The molecule has 2 N–H and O–H groups in total. The first-order chi connectivity index (χ1) is 9.49. The summed E-state index contributed by atoms with van der Waals surface area (Å²) in [6.45, 7) is 2.23. The van der Waals surface area contributed by atoms with Crippen molar-refractivity contribution in [3.63, 3.8) is 0 Å². The van der Waals surface area contributed by atoms with E-state index in [2.05, 4.69) is 21.2 Å². The van der Waals surface area contributed by atoms with Crippen LogP contribution in [0.4, 0.5) is 10.1 Å². The number of hydrogen-bond donors (Lipinski definition) is 2. The second-order valence-corrected chi connectivity index (χ2v) is 5.25. The minimum absolute atomic E-state index is 0.211. The van der Waals surface area contributed by atoms with E-state index in [1.807, 2.05) is 13.0 Å². The Labute approximate surface area is 124 Å². The van der Waals surface area contributed by atoms with Crippen molar-refractivity contribution in [1.29, 1.82) is 0 Å². The molecule has 0 radical (unpaired) electrons. The third kappa shape index (κ3) is 3.17. The van der Waals surface area contributed by atoms with Crippen molar-refractivity contribution >= 4 is 27.6 Å². The number of rotatable bonds is 4. The molecule has 0 bridgehead atoms. The van der Waals surface area contributed by atoms with Gasteiger partial charge in [0.05, 0.1) is 11.3 Å². The van der Waals surface area contributed by atoms with Crippen molar-refractivity contribution in [2.75, 3.05) is 5.32 Å². The summed E-state index contributed by atoms with van der Waals surface area (Å²) in [6, 6.07) is 9.65. The maximum absolute atomic E-state index is 13.7. The van der Waals surface area contributed by atoms with Gasteiger partial charge in [0.1, 0.15) is 5.82 Å². The number of carboxylic acids is 1. The number of carbonyl (C=O) groups is 1. The van der Waals surface area contributed by atoms with Gasteiger partial charge in [-0.1, -0.05) is 34.1 Å². The summed E-state index contributed by atoms with van der Waals surface area (Å²) < 4.78 is 14.4. The van der Waals surface area contributed by atoms with Gasteiger partial charge in [-0.05, 0) is 36.2 Å². The summed E-state index contributed by atoms with van der Waals surface area (Å²) in [5.74, 6) is -1.28. The lowest BCUT2D eigenvalue weighted by molar-refractivity contribution is 0.0697. The highest BCUT2D eigenvalue weighted by Gasteiger charge is 2.08. The molecule has 2 aromatic carbocycles. The maximum Gasteiger partial charge on any atom is 0.335 e. The molecule has 0 saturated heterocycles. The van der Waals surface area contributed by atoms with Crippen molar-refractivity contribution in [2.24, 2.45) is 0 Å². The maximum atomic E-state index is 13.7.